The van der Waals surface area contributed by atoms with Crippen molar-refractivity contribution in [2.45, 2.75) is 77.8 Å². The number of amides is 1. The fourth-order valence-corrected chi connectivity index (χ4v) is 5.62. The zero-order chi connectivity index (χ0) is 26.3. The summed E-state index contributed by atoms with van der Waals surface area (Å²) in [5, 5.41) is -0.314. The Morgan fingerprint density at radius 1 is 1.23 bits per heavy atom. The highest BCUT2D eigenvalue weighted by molar-refractivity contribution is 7.90. The van der Waals surface area contributed by atoms with Crippen LogP contribution in [0.3, 0.4) is 0 Å². The molecule has 1 fully saturated rings. The number of carbonyl (C=O) groups is 1. The SMILES string of the molecule is CC(C)=Cc1cc(C(=O)NS(=O)(=O)c2cccc(N)n2)c(N2CC(C)CC2(C)C)nc1C(C)(C)C. The van der Waals surface area contributed by atoms with Gasteiger partial charge in [-0.15, -0.1) is 0 Å². The Balaban J connectivity index is 2.21. The van der Waals surface area contributed by atoms with Crippen molar-refractivity contribution in [1.29, 1.82) is 0 Å². The summed E-state index contributed by atoms with van der Waals surface area (Å²) in [5.74, 6) is 0.189. The van der Waals surface area contributed by atoms with Crippen LogP contribution in [0.1, 0.15) is 83.4 Å². The highest BCUT2D eigenvalue weighted by atomic mass is 32.2. The molecule has 1 saturated heterocycles. The Kier molecular flexibility index (Phi) is 7.05. The van der Waals surface area contributed by atoms with Gasteiger partial charge in [0.2, 0.25) is 0 Å². The van der Waals surface area contributed by atoms with Gasteiger partial charge < -0.3 is 10.6 Å². The molecule has 1 aliphatic rings. The number of nitrogens with two attached hydrogens (primary N) is 1. The Bertz CT molecular complexity index is 1270. The number of pyridine rings is 2. The molecule has 3 rings (SSSR count). The van der Waals surface area contributed by atoms with Crippen molar-refractivity contribution in [2.75, 3.05) is 17.2 Å². The summed E-state index contributed by atoms with van der Waals surface area (Å²) in [4.78, 5) is 24.6. The van der Waals surface area contributed by atoms with Gasteiger partial charge in [0.25, 0.3) is 15.9 Å². The first-order valence-corrected chi connectivity index (χ1v) is 13.3. The average Bonchev–Trinajstić information content (AvgIpc) is 2.97. The molecule has 0 spiro atoms. The van der Waals surface area contributed by atoms with E-state index in [2.05, 4.69) is 56.1 Å². The van der Waals surface area contributed by atoms with Crippen molar-refractivity contribution in [3.63, 3.8) is 0 Å². The summed E-state index contributed by atoms with van der Waals surface area (Å²) in [5.41, 5.74) is 8.01. The second kappa shape index (κ2) is 9.26. The Labute approximate surface area is 209 Å². The Morgan fingerprint density at radius 2 is 1.89 bits per heavy atom. The van der Waals surface area contributed by atoms with E-state index in [1.165, 1.54) is 18.2 Å². The first-order valence-electron chi connectivity index (χ1n) is 11.8. The van der Waals surface area contributed by atoms with Gasteiger partial charge in [-0.05, 0) is 63.8 Å². The molecule has 3 N–H and O–H groups in total. The fourth-order valence-electron chi connectivity index (χ4n) is 4.68. The first-order chi connectivity index (χ1) is 16.0. The highest BCUT2D eigenvalue weighted by Gasteiger charge is 2.40. The van der Waals surface area contributed by atoms with Gasteiger partial charge in [-0.25, -0.2) is 14.7 Å². The second-order valence-corrected chi connectivity index (χ2v) is 13.0. The molecule has 2 aromatic rings. The summed E-state index contributed by atoms with van der Waals surface area (Å²) in [6, 6.07) is 6.02. The van der Waals surface area contributed by atoms with Gasteiger partial charge in [0.1, 0.15) is 11.6 Å². The van der Waals surface area contributed by atoms with Gasteiger partial charge >= 0.3 is 0 Å². The predicted octanol–water partition coefficient (Wildman–Crippen LogP) is 4.52. The smallest absolute Gasteiger partial charge is 0.281 e. The molecule has 190 valence electrons. The van der Waals surface area contributed by atoms with E-state index in [4.69, 9.17) is 10.7 Å². The maximum atomic E-state index is 13.6. The number of anilines is 2. The number of nitrogens with zero attached hydrogens (tertiary/aromatic N) is 3. The maximum Gasteiger partial charge on any atom is 0.281 e. The third-order valence-electron chi connectivity index (χ3n) is 6.01. The summed E-state index contributed by atoms with van der Waals surface area (Å²) in [6.45, 7) is 17.3. The lowest BCUT2D eigenvalue weighted by atomic mass is 9.87. The number of aromatic nitrogens is 2. The van der Waals surface area contributed by atoms with Gasteiger partial charge in [0.05, 0.1) is 11.3 Å². The van der Waals surface area contributed by atoms with Gasteiger partial charge in [0.15, 0.2) is 5.03 Å². The van der Waals surface area contributed by atoms with Crippen LogP contribution in [0.2, 0.25) is 0 Å². The monoisotopic (exact) mass is 499 g/mol. The highest BCUT2D eigenvalue weighted by Crippen LogP contribution is 2.39. The lowest BCUT2D eigenvalue weighted by Gasteiger charge is -2.35. The number of sulfonamides is 1. The molecule has 0 aliphatic carbocycles. The third-order valence-corrected chi connectivity index (χ3v) is 7.24. The molecule has 0 saturated carbocycles. The van der Waals surface area contributed by atoms with Gasteiger partial charge in [-0.2, -0.15) is 8.42 Å². The van der Waals surface area contributed by atoms with E-state index in [1.54, 1.807) is 6.07 Å². The van der Waals surface area contributed by atoms with Crippen LogP contribution in [0.4, 0.5) is 11.6 Å². The maximum absolute atomic E-state index is 13.6. The molecule has 2 aromatic heterocycles. The number of allylic oxidation sites excluding steroid dienone is 1. The van der Waals surface area contributed by atoms with Crippen molar-refractivity contribution < 1.29 is 13.2 Å². The zero-order valence-electron chi connectivity index (χ0n) is 21.9. The molecule has 9 heteroatoms. The lowest BCUT2D eigenvalue weighted by Crippen LogP contribution is -2.41. The molecule has 0 radical (unpaired) electrons. The topological polar surface area (TPSA) is 118 Å². The molecule has 0 bridgehead atoms. The second-order valence-electron chi connectivity index (χ2n) is 11.3. The summed E-state index contributed by atoms with van der Waals surface area (Å²) >= 11 is 0. The van der Waals surface area contributed by atoms with Crippen molar-refractivity contribution in [2.24, 2.45) is 5.92 Å². The van der Waals surface area contributed by atoms with Crippen LogP contribution in [0, 0.1) is 5.92 Å². The van der Waals surface area contributed by atoms with E-state index in [9.17, 15) is 13.2 Å². The van der Waals surface area contributed by atoms with Crippen LogP contribution in [0.25, 0.3) is 6.08 Å². The fraction of sp³-hybridized carbons (Fsp3) is 0.500. The first kappa shape index (κ1) is 26.7. The molecular formula is C26H37N5O3S. The lowest BCUT2D eigenvalue weighted by molar-refractivity contribution is 0.0981. The summed E-state index contributed by atoms with van der Waals surface area (Å²) in [7, 11) is -4.24. The van der Waals surface area contributed by atoms with E-state index in [0.29, 0.717) is 11.7 Å². The van der Waals surface area contributed by atoms with Crippen molar-refractivity contribution in [1.82, 2.24) is 14.7 Å². The number of carbonyl (C=O) groups excluding carboxylic acids is 1. The third kappa shape index (κ3) is 5.83. The van der Waals surface area contributed by atoms with Crippen LogP contribution in [-0.4, -0.2) is 36.4 Å². The minimum atomic E-state index is -4.24. The van der Waals surface area contributed by atoms with Crippen LogP contribution in [0.15, 0.2) is 34.9 Å². The summed E-state index contributed by atoms with van der Waals surface area (Å²) < 4.78 is 28.1. The Morgan fingerprint density at radius 3 is 2.40 bits per heavy atom. The number of hydrogen-bond donors (Lipinski definition) is 2. The van der Waals surface area contributed by atoms with Crippen LogP contribution >= 0.6 is 0 Å². The molecule has 1 atom stereocenters. The largest absolute Gasteiger partial charge is 0.384 e. The quantitative estimate of drug-likeness (QED) is 0.621. The zero-order valence-corrected chi connectivity index (χ0v) is 22.7. The summed E-state index contributed by atoms with van der Waals surface area (Å²) in [6.07, 6.45) is 2.90. The number of nitrogens with one attached hydrogen (secondary N) is 1. The normalized spacial score (nSPS) is 17.8. The molecule has 3 heterocycles. The van der Waals surface area contributed by atoms with Gasteiger partial charge in [-0.3, -0.25) is 4.79 Å². The number of rotatable bonds is 5. The van der Waals surface area contributed by atoms with E-state index in [1.807, 2.05) is 19.9 Å². The molecule has 1 aliphatic heterocycles. The minimum Gasteiger partial charge on any atom is -0.384 e. The van der Waals surface area contributed by atoms with Crippen molar-refractivity contribution in [3.05, 3.63) is 46.7 Å². The molecular weight excluding hydrogens is 462 g/mol. The van der Waals surface area contributed by atoms with Gasteiger partial charge in [0, 0.05) is 17.5 Å². The standard InChI is InChI=1S/C26H37N5O3S/c1-16(2)12-18-13-19(24(32)30-35(33,34)21-11-9-10-20(27)28-21)23(29-22(18)25(4,5)6)31-15-17(3)14-26(31,7)8/h9-13,17H,14-15H2,1-8H3,(H2,27,28)(H,30,32). The van der Waals surface area contributed by atoms with Crippen molar-refractivity contribution in [3.8, 4) is 0 Å². The molecule has 8 nitrogen and oxygen atoms in total. The Hall–Kier alpha value is -2.94. The van der Waals surface area contributed by atoms with Crippen LogP contribution in [-0.2, 0) is 15.4 Å². The van der Waals surface area contributed by atoms with Crippen LogP contribution < -0.4 is 15.4 Å². The van der Waals surface area contributed by atoms with E-state index in [-0.39, 0.29) is 27.4 Å². The molecule has 1 unspecified atom stereocenters. The van der Waals surface area contributed by atoms with Crippen LogP contribution in [0.5, 0.6) is 0 Å². The van der Waals surface area contributed by atoms with Crippen molar-refractivity contribution >= 4 is 33.6 Å². The van der Waals surface area contributed by atoms with Gasteiger partial charge in [-0.1, -0.05) is 45.4 Å². The predicted molar refractivity (Wildman–Crippen MR) is 141 cm³/mol. The molecule has 35 heavy (non-hydrogen) atoms. The number of hydrogen-bond acceptors (Lipinski definition) is 7. The minimum absolute atomic E-state index is 0.0517. The molecule has 0 aromatic carbocycles. The number of nitrogen functional groups attached to an aromatic ring is 1. The average molecular weight is 500 g/mol. The van der Waals surface area contributed by atoms with E-state index in [0.717, 1.165) is 29.8 Å². The van der Waals surface area contributed by atoms with E-state index < -0.39 is 15.9 Å². The molecule has 1 amide bonds. The van der Waals surface area contributed by atoms with E-state index >= 15 is 0 Å².